The summed E-state index contributed by atoms with van der Waals surface area (Å²) in [5.74, 6) is 0. The lowest BCUT2D eigenvalue weighted by Crippen LogP contribution is -2.19. The summed E-state index contributed by atoms with van der Waals surface area (Å²) in [6, 6.07) is 21.8. The lowest BCUT2D eigenvalue weighted by Gasteiger charge is -2.32. The second-order valence-corrected chi connectivity index (χ2v) is 7.16. The van der Waals surface area contributed by atoms with Gasteiger partial charge in [0, 0.05) is 5.41 Å². The van der Waals surface area contributed by atoms with Crippen LogP contribution in [0.15, 0.2) is 72.8 Å². The van der Waals surface area contributed by atoms with Crippen LogP contribution in [0, 0.1) is 5.41 Å². The highest BCUT2D eigenvalue weighted by Crippen LogP contribution is 2.52. The van der Waals surface area contributed by atoms with Crippen molar-refractivity contribution in [3.05, 3.63) is 83.9 Å². The van der Waals surface area contributed by atoms with Crippen molar-refractivity contribution in [3.8, 4) is 0 Å². The molecule has 0 bridgehead atoms. The number of benzene rings is 2. The summed E-state index contributed by atoms with van der Waals surface area (Å²) < 4.78 is 0. The molecule has 0 N–H and O–H groups in total. The molecule has 0 radical (unpaired) electrons. The molecule has 0 amide bonds. The summed E-state index contributed by atoms with van der Waals surface area (Å²) in [6.07, 6.45) is 9.62. The molecule has 0 spiro atoms. The van der Waals surface area contributed by atoms with Gasteiger partial charge in [-0.25, -0.2) is 0 Å². The van der Waals surface area contributed by atoms with E-state index in [2.05, 4.69) is 85.4 Å². The first kappa shape index (κ1) is 16.9. The van der Waals surface area contributed by atoms with Crippen molar-refractivity contribution in [2.24, 2.45) is 5.41 Å². The standard InChI is InChI=1S/C23H26Si/c1-2-15-23(16-9-18-24)17-14-21(19-10-5-3-6-11-19)22(23)20-12-7-4-8-13-20/h3-8,10-14,17-18H,2,9,15-16,24H2,1H3. The molecule has 24 heavy (non-hydrogen) atoms. The largest absolute Gasteiger partial charge is 0.109 e. The minimum Gasteiger partial charge on any atom is -0.109 e. The quantitative estimate of drug-likeness (QED) is 0.614. The maximum Gasteiger partial charge on any atom is 0.0150 e. The van der Waals surface area contributed by atoms with Crippen LogP contribution in [0.2, 0.25) is 0 Å². The van der Waals surface area contributed by atoms with Gasteiger partial charge < -0.3 is 0 Å². The maximum absolute atomic E-state index is 2.48. The van der Waals surface area contributed by atoms with Crippen LogP contribution < -0.4 is 0 Å². The Balaban J connectivity index is 2.18. The Kier molecular flexibility index (Phi) is 5.42. The van der Waals surface area contributed by atoms with Gasteiger partial charge in [0.1, 0.15) is 0 Å². The second-order valence-electron chi connectivity index (χ2n) is 6.59. The van der Waals surface area contributed by atoms with E-state index in [1.54, 1.807) is 0 Å². The number of allylic oxidation sites excluding steroid dienone is 4. The van der Waals surface area contributed by atoms with Gasteiger partial charge in [0.2, 0.25) is 0 Å². The summed E-state index contributed by atoms with van der Waals surface area (Å²) in [5.41, 5.74) is 8.10. The Hall–Kier alpha value is -1.99. The Labute approximate surface area is 149 Å². The van der Waals surface area contributed by atoms with Gasteiger partial charge in [-0.15, -0.1) is 5.67 Å². The average molecular weight is 331 g/mol. The van der Waals surface area contributed by atoms with Gasteiger partial charge in [-0.3, -0.25) is 0 Å². The molecule has 0 aliphatic heterocycles. The van der Waals surface area contributed by atoms with Gasteiger partial charge in [-0.05, 0) is 51.4 Å². The van der Waals surface area contributed by atoms with Crippen LogP contribution in [0.25, 0.3) is 11.1 Å². The number of hydrogen-bond acceptors (Lipinski definition) is 0. The maximum atomic E-state index is 2.48. The summed E-state index contributed by atoms with van der Waals surface area (Å²) in [5, 5.41) is 0. The molecule has 0 fully saturated rings. The van der Waals surface area contributed by atoms with E-state index in [0.29, 0.717) is 0 Å². The van der Waals surface area contributed by atoms with Gasteiger partial charge >= 0.3 is 0 Å². The Morgan fingerprint density at radius 2 is 1.50 bits per heavy atom. The van der Waals surface area contributed by atoms with Crippen LogP contribution in [0.1, 0.15) is 43.7 Å². The third-order valence-electron chi connectivity index (χ3n) is 4.97. The highest BCUT2D eigenvalue weighted by molar-refractivity contribution is 6.27. The van der Waals surface area contributed by atoms with Crippen LogP contribution in [-0.4, -0.2) is 15.5 Å². The SMILES string of the molecule is CCCC1(CCC=[SiH2])C=CC(c2ccccc2)=C1c1ccccc1. The third kappa shape index (κ3) is 3.27. The van der Waals surface area contributed by atoms with E-state index in [0.717, 1.165) is 0 Å². The van der Waals surface area contributed by atoms with Gasteiger partial charge in [0.15, 0.2) is 0 Å². The molecule has 3 rings (SSSR count). The Bertz CT molecular complexity index is 740. The summed E-state index contributed by atoms with van der Waals surface area (Å²) in [4.78, 5) is 0. The lowest BCUT2D eigenvalue weighted by atomic mass is 9.71. The minimum absolute atomic E-state index is 0.165. The molecule has 0 aromatic heterocycles. The third-order valence-corrected chi connectivity index (χ3v) is 5.38. The highest BCUT2D eigenvalue weighted by Gasteiger charge is 2.36. The van der Waals surface area contributed by atoms with E-state index >= 15 is 0 Å². The fourth-order valence-electron chi connectivity index (χ4n) is 3.93. The number of rotatable bonds is 7. The van der Waals surface area contributed by atoms with Gasteiger partial charge in [-0.2, -0.15) is 0 Å². The zero-order valence-corrected chi connectivity index (χ0v) is 16.0. The van der Waals surface area contributed by atoms with E-state index in [-0.39, 0.29) is 5.41 Å². The van der Waals surface area contributed by atoms with Crippen LogP contribution >= 0.6 is 0 Å². The van der Waals surface area contributed by atoms with E-state index < -0.39 is 0 Å². The Morgan fingerprint density at radius 3 is 2.08 bits per heavy atom. The topological polar surface area (TPSA) is 0 Å². The Morgan fingerprint density at radius 1 is 0.875 bits per heavy atom. The first-order chi connectivity index (χ1) is 11.8. The average Bonchev–Trinajstić information content (AvgIpc) is 3.01. The van der Waals surface area contributed by atoms with Crippen molar-refractivity contribution in [3.63, 3.8) is 0 Å². The predicted octanol–water partition coefficient (Wildman–Crippen LogP) is 5.17. The van der Waals surface area contributed by atoms with E-state index in [1.165, 1.54) is 48.0 Å². The molecule has 1 atom stereocenters. The molecule has 0 saturated heterocycles. The second kappa shape index (κ2) is 7.72. The fraction of sp³-hybridized carbons (Fsp3) is 0.261. The van der Waals surface area contributed by atoms with Crippen LogP contribution in [0.3, 0.4) is 0 Å². The van der Waals surface area contributed by atoms with Crippen LogP contribution in [-0.2, 0) is 0 Å². The summed E-state index contributed by atoms with van der Waals surface area (Å²) >= 11 is 0. The molecule has 1 aliphatic carbocycles. The predicted molar refractivity (Wildman–Crippen MR) is 110 cm³/mol. The van der Waals surface area contributed by atoms with Crippen molar-refractivity contribution in [1.29, 1.82) is 0 Å². The van der Waals surface area contributed by atoms with Crippen molar-refractivity contribution in [1.82, 2.24) is 0 Å². The molecule has 1 unspecified atom stereocenters. The smallest absolute Gasteiger partial charge is 0.0150 e. The zero-order valence-electron chi connectivity index (χ0n) is 14.5. The fourth-order valence-corrected chi connectivity index (χ4v) is 4.14. The lowest BCUT2D eigenvalue weighted by molar-refractivity contribution is 0.441. The van der Waals surface area contributed by atoms with Gasteiger partial charge in [0.05, 0.1) is 0 Å². The van der Waals surface area contributed by atoms with E-state index in [9.17, 15) is 0 Å². The molecule has 2 aromatic carbocycles. The monoisotopic (exact) mass is 330 g/mol. The van der Waals surface area contributed by atoms with Crippen molar-refractivity contribution >= 4 is 26.7 Å². The molecule has 0 saturated carbocycles. The number of hydrogen-bond donors (Lipinski definition) is 0. The van der Waals surface area contributed by atoms with Crippen molar-refractivity contribution in [2.75, 3.05) is 0 Å². The first-order valence-electron chi connectivity index (χ1n) is 8.96. The molecule has 1 aliphatic rings. The summed E-state index contributed by atoms with van der Waals surface area (Å²) in [7, 11) is 1.97. The van der Waals surface area contributed by atoms with E-state index in [4.69, 9.17) is 0 Å². The minimum atomic E-state index is 0.165. The van der Waals surface area contributed by atoms with Gasteiger partial charge in [-0.1, -0.05) is 86.2 Å². The van der Waals surface area contributed by atoms with Crippen molar-refractivity contribution in [2.45, 2.75) is 32.6 Å². The molecule has 1 heteroatoms. The van der Waals surface area contributed by atoms with Crippen LogP contribution in [0.5, 0.6) is 0 Å². The molecule has 2 aromatic rings. The zero-order chi connectivity index (χ0) is 16.8. The van der Waals surface area contributed by atoms with Gasteiger partial charge in [0.25, 0.3) is 0 Å². The summed E-state index contributed by atoms with van der Waals surface area (Å²) in [6.45, 7) is 2.30. The molecule has 0 nitrogen and oxygen atoms in total. The molecule has 122 valence electrons. The highest BCUT2D eigenvalue weighted by atomic mass is 28.1. The molecular weight excluding hydrogens is 304 g/mol. The first-order valence-corrected chi connectivity index (χ1v) is 9.78. The molecular formula is C23H26Si. The normalized spacial score (nSPS) is 19.7. The van der Waals surface area contributed by atoms with Crippen molar-refractivity contribution < 1.29 is 0 Å². The van der Waals surface area contributed by atoms with Crippen LogP contribution in [0.4, 0.5) is 0 Å². The van der Waals surface area contributed by atoms with E-state index in [1.807, 2.05) is 9.85 Å². The molecule has 0 heterocycles.